The summed E-state index contributed by atoms with van der Waals surface area (Å²) in [4.78, 5) is 9.28. The molecule has 5 heterocycles. The molecular formula is C20H25N7O2S. The molecule has 158 valence electrons. The first-order chi connectivity index (χ1) is 14.4. The number of H-pyrrole nitrogens is 1. The second-order valence-corrected chi connectivity index (χ2v) is 10.2. The molecule has 5 rings (SSSR count). The molecule has 2 fully saturated rings. The summed E-state index contributed by atoms with van der Waals surface area (Å²) in [7, 11) is -3.17. The lowest BCUT2D eigenvalue weighted by atomic mass is 9.99. The number of pyridine rings is 2. The van der Waals surface area contributed by atoms with Gasteiger partial charge in [-0.15, -0.1) is 0 Å². The predicted molar refractivity (Wildman–Crippen MR) is 116 cm³/mol. The van der Waals surface area contributed by atoms with E-state index in [9.17, 15) is 8.42 Å². The van der Waals surface area contributed by atoms with Crippen LogP contribution in [0.4, 0.5) is 17.5 Å². The van der Waals surface area contributed by atoms with Gasteiger partial charge in [0.15, 0.2) is 5.82 Å². The summed E-state index contributed by atoms with van der Waals surface area (Å²) in [6.07, 6.45) is 6.49. The van der Waals surface area contributed by atoms with Crippen LogP contribution in [0.15, 0.2) is 30.5 Å². The normalized spacial score (nSPS) is 24.3. The maximum Gasteiger partial charge on any atom is 0.211 e. The Hall–Kier alpha value is -2.72. The highest BCUT2D eigenvalue weighted by atomic mass is 32.2. The van der Waals surface area contributed by atoms with Crippen LogP contribution in [0, 0.1) is 6.92 Å². The summed E-state index contributed by atoms with van der Waals surface area (Å²) in [5.74, 6) is 2.11. The summed E-state index contributed by atoms with van der Waals surface area (Å²) in [5, 5.41) is 14.9. The van der Waals surface area contributed by atoms with E-state index in [1.807, 2.05) is 31.2 Å². The molecule has 2 bridgehead atoms. The molecule has 0 aliphatic carbocycles. The molecule has 1 unspecified atom stereocenters. The number of aromatic nitrogens is 4. The predicted octanol–water partition coefficient (Wildman–Crippen LogP) is 2.77. The quantitative estimate of drug-likeness (QED) is 0.573. The van der Waals surface area contributed by atoms with Gasteiger partial charge in [-0.25, -0.2) is 13.4 Å². The van der Waals surface area contributed by atoms with E-state index < -0.39 is 10.0 Å². The van der Waals surface area contributed by atoms with Crippen molar-refractivity contribution in [2.75, 3.05) is 16.9 Å². The minimum absolute atomic E-state index is 0.0639. The molecule has 0 spiro atoms. The number of nitrogens with zero attached hydrogens (tertiary/aromatic N) is 4. The number of hydrogen-bond acceptors (Lipinski definition) is 7. The highest BCUT2D eigenvalue weighted by molar-refractivity contribution is 7.88. The lowest BCUT2D eigenvalue weighted by Crippen LogP contribution is -2.49. The van der Waals surface area contributed by atoms with Crippen molar-refractivity contribution in [3.63, 3.8) is 0 Å². The Morgan fingerprint density at radius 3 is 2.60 bits per heavy atom. The van der Waals surface area contributed by atoms with Crippen LogP contribution in [0.1, 0.15) is 31.4 Å². The fourth-order valence-corrected chi connectivity index (χ4v) is 6.32. The Morgan fingerprint density at radius 1 is 1.17 bits per heavy atom. The maximum absolute atomic E-state index is 12.2. The Bertz CT molecular complexity index is 1180. The van der Waals surface area contributed by atoms with Gasteiger partial charge in [0, 0.05) is 47.5 Å². The Balaban J connectivity index is 1.43. The van der Waals surface area contributed by atoms with Crippen molar-refractivity contribution in [2.24, 2.45) is 0 Å². The number of fused-ring (bicyclic) bond motifs is 3. The molecule has 9 nitrogen and oxygen atoms in total. The third kappa shape index (κ3) is 3.61. The minimum atomic E-state index is -3.17. The standard InChI is InChI=1S/C20H25N7O2S/c1-12-8-19(26-25-12)23-18-11-17-16(4-3-7-21-17)20(24-18)22-13-9-14-5-6-15(10-13)27(14)30(2,28)29/h3-4,7-8,11,13-15H,5-6,9-10H2,1-2H3,(H3,22,23,24,25,26)/t13?,14-,15+. The molecule has 2 saturated heterocycles. The van der Waals surface area contributed by atoms with Gasteiger partial charge in [0.25, 0.3) is 0 Å². The van der Waals surface area contributed by atoms with E-state index in [1.54, 1.807) is 10.5 Å². The topological polar surface area (TPSA) is 116 Å². The lowest BCUT2D eigenvalue weighted by Gasteiger charge is -2.37. The molecule has 3 aromatic rings. The third-order valence-corrected chi connectivity index (χ3v) is 7.31. The van der Waals surface area contributed by atoms with Gasteiger partial charge in [-0.3, -0.25) is 10.1 Å². The summed E-state index contributed by atoms with van der Waals surface area (Å²) in [6, 6.07) is 8.01. The van der Waals surface area contributed by atoms with Crippen LogP contribution >= 0.6 is 0 Å². The molecule has 0 aromatic carbocycles. The van der Waals surface area contributed by atoms with E-state index in [2.05, 4.69) is 25.8 Å². The smallest absolute Gasteiger partial charge is 0.211 e. The first-order valence-electron chi connectivity index (χ1n) is 10.2. The summed E-state index contributed by atoms with van der Waals surface area (Å²) < 4.78 is 26.1. The van der Waals surface area contributed by atoms with Gasteiger partial charge in [-0.1, -0.05) is 0 Å². The zero-order valence-corrected chi connectivity index (χ0v) is 17.8. The minimum Gasteiger partial charge on any atom is -0.367 e. The van der Waals surface area contributed by atoms with E-state index in [-0.39, 0.29) is 18.1 Å². The highest BCUT2D eigenvalue weighted by Crippen LogP contribution is 2.39. The summed E-state index contributed by atoms with van der Waals surface area (Å²) >= 11 is 0. The van der Waals surface area contributed by atoms with E-state index in [0.717, 1.165) is 48.1 Å². The fraction of sp³-hybridized carbons (Fsp3) is 0.450. The molecule has 0 radical (unpaired) electrons. The number of piperidine rings is 1. The number of anilines is 3. The number of rotatable bonds is 5. The molecule has 0 saturated carbocycles. The molecular weight excluding hydrogens is 402 g/mol. The molecule has 2 aliphatic rings. The van der Waals surface area contributed by atoms with E-state index in [0.29, 0.717) is 11.6 Å². The van der Waals surface area contributed by atoms with Crippen molar-refractivity contribution < 1.29 is 8.42 Å². The van der Waals surface area contributed by atoms with Gasteiger partial charge in [0.1, 0.15) is 11.6 Å². The van der Waals surface area contributed by atoms with Gasteiger partial charge in [-0.2, -0.15) is 9.40 Å². The van der Waals surface area contributed by atoms with Crippen molar-refractivity contribution in [3.05, 3.63) is 36.2 Å². The first kappa shape index (κ1) is 19.3. The van der Waals surface area contributed by atoms with E-state index in [1.165, 1.54) is 6.26 Å². The molecule has 3 atom stereocenters. The maximum atomic E-state index is 12.2. The van der Waals surface area contributed by atoms with Gasteiger partial charge < -0.3 is 10.6 Å². The molecule has 0 amide bonds. The number of sulfonamides is 1. The van der Waals surface area contributed by atoms with Crippen LogP contribution in [0.5, 0.6) is 0 Å². The van der Waals surface area contributed by atoms with Crippen LogP contribution in [-0.4, -0.2) is 57.3 Å². The van der Waals surface area contributed by atoms with Crippen molar-refractivity contribution in [3.8, 4) is 0 Å². The van der Waals surface area contributed by atoms with E-state index >= 15 is 0 Å². The second kappa shape index (κ2) is 7.21. The Kier molecular flexibility index (Phi) is 4.62. The average Bonchev–Trinajstić information content (AvgIpc) is 3.22. The zero-order chi connectivity index (χ0) is 20.9. The van der Waals surface area contributed by atoms with Crippen LogP contribution in [-0.2, 0) is 10.0 Å². The molecule has 3 N–H and O–H groups in total. The molecule has 30 heavy (non-hydrogen) atoms. The number of aromatic amines is 1. The van der Waals surface area contributed by atoms with E-state index in [4.69, 9.17) is 4.98 Å². The SMILES string of the molecule is Cc1cc(Nc2cc3ncccc3c(NC3C[C@H]4CC[C@@H](C3)N4S(C)(=O)=O)n2)n[nH]1. The monoisotopic (exact) mass is 427 g/mol. The summed E-state index contributed by atoms with van der Waals surface area (Å²) in [5.41, 5.74) is 1.80. The van der Waals surface area contributed by atoms with Crippen molar-refractivity contribution in [1.29, 1.82) is 0 Å². The highest BCUT2D eigenvalue weighted by Gasteiger charge is 2.45. The first-order valence-corrected chi connectivity index (χ1v) is 12.0. The molecule has 3 aromatic heterocycles. The van der Waals surface area contributed by atoms with Gasteiger partial charge in [0.05, 0.1) is 11.8 Å². The van der Waals surface area contributed by atoms with Crippen LogP contribution in [0.2, 0.25) is 0 Å². The number of nitrogens with one attached hydrogen (secondary N) is 3. The largest absolute Gasteiger partial charge is 0.367 e. The zero-order valence-electron chi connectivity index (χ0n) is 17.0. The number of aryl methyl sites for hydroxylation is 1. The van der Waals surface area contributed by atoms with Gasteiger partial charge in [-0.05, 0) is 44.7 Å². The average molecular weight is 428 g/mol. The Morgan fingerprint density at radius 2 is 1.93 bits per heavy atom. The number of hydrogen-bond donors (Lipinski definition) is 3. The molecule has 2 aliphatic heterocycles. The van der Waals surface area contributed by atoms with Crippen molar-refractivity contribution >= 4 is 38.4 Å². The van der Waals surface area contributed by atoms with Gasteiger partial charge >= 0.3 is 0 Å². The van der Waals surface area contributed by atoms with Crippen LogP contribution in [0.3, 0.4) is 0 Å². The van der Waals surface area contributed by atoms with Crippen LogP contribution < -0.4 is 10.6 Å². The second-order valence-electron chi connectivity index (χ2n) is 8.28. The van der Waals surface area contributed by atoms with Crippen molar-refractivity contribution in [2.45, 2.75) is 50.7 Å². The Labute approximate surface area is 175 Å². The molecule has 10 heteroatoms. The van der Waals surface area contributed by atoms with Crippen molar-refractivity contribution in [1.82, 2.24) is 24.5 Å². The van der Waals surface area contributed by atoms with Crippen LogP contribution in [0.25, 0.3) is 10.9 Å². The lowest BCUT2D eigenvalue weighted by molar-refractivity contribution is 0.236. The third-order valence-electron chi connectivity index (χ3n) is 5.95. The summed E-state index contributed by atoms with van der Waals surface area (Å²) in [6.45, 7) is 1.94. The van der Waals surface area contributed by atoms with Gasteiger partial charge in [0.2, 0.25) is 10.0 Å². The fourth-order valence-electron chi connectivity index (χ4n) is 4.85.